The zero-order valence-electron chi connectivity index (χ0n) is 10.8. The maximum atomic E-state index is 11.7. The number of nitrogens with one attached hydrogen (secondary N) is 2. The predicted molar refractivity (Wildman–Crippen MR) is 66.7 cm³/mol. The number of hydrogen-bond donors (Lipinski definition) is 2. The van der Waals surface area contributed by atoms with Crippen LogP contribution in [0, 0.1) is 5.92 Å². The van der Waals surface area contributed by atoms with Crippen molar-refractivity contribution < 1.29 is 19.1 Å². The van der Waals surface area contributed by atoms with Crippen molar-refractivity contribution in [2.45, 2.75) is 32.3 Å². The van der Waals surface area contributed by atoms with Crippen LogP contribution in [0.4, 0.5) is 4.79 Å². The molecule has 2 heterocycles. The Balaban J connectivity index is 2.06. The summed E-state index contributed by atoms with van der Waals surface area (Å²) < 4.78 is 5.44. The first-order valence-electron chi connectivity index (χ1n) is 6.42. The van der Waals surface area contributed by atoms with Crippen LogP contribution in [0.15, 0.2) is 4.99 Å². The quantitative estimate of drug-likeness (QED) is 0.553. The molecule has 0 spiro atoms. The Morgan fingerprint density at radius 3 is 2.53 bits per heavy atom. The molecule has 19 heavy (non-hydrogen) atoms. The first-order chi connectivity index (χ1) is 9.11. The fourth-order valence-electron chi connectivity index (χ4n) is 2.24. The van der Waals surface area contributed by atoms with E-state index in [9.17, 15) is 14.4 Å². The minimum atomic E-state index is -1.01. The highest BCUT2D eigenvalue weighted by atomic mass is 16.5. The van der Waals surface area contributed by atoms with Gasteiger partial charge >= 0.3 is 6.03 Å². The van der Waals surface area contributed by atoms with E-state index in [2.05, 4.69) is 15.6 Å². The third kappa shape index (κ3) is 3.17. The second-order valence-corrected chi connectivity index (χ2v) is 4.56. The summed E-state index contributed by atoms with van der Waals surface area (Å²) in [5, 5.41) is 4.16. The average molecular weight is 267 g/mol. The van der Waals surface area contributed by atoms with Gasteiger partial charge in [0, 0.05) is 12.3 Å². The summed E-state index contributed by atoms with van der Waals surface area (Å²) in [6.45, 7) is 3.01. The molecule has 2 rings (SSSR count). The van der Waals surface area contributed by atoms with E-state index < -0.39 is 23.8 Å². The fraction of sp³-hybridized carbons (Fsp3) is 0.667. The highest BCUT2D eigenvalue weighted by Crippen LogP contribution is 2.14. The molecule has 2 N–H and O–H groups in total. The molecular weight excluding hydrogens is 250 g/mol. The molecular formula is C12H17N3O4. The van der Waals surface area contributed by atoms with Crippen molar-refractivity contribution >= 4 is 23.6 Å². The van der Waals surface area contributed by atoms with Crippen LogP contribution in [0.2, 0.25) is 0 Å². The van der Waals surface area contributed by atoms with Crippen LogP contribution in [0.3, 0.4) is 0 Å². The van der Waals surface area contributed by atoms with Crippen molar-refractivity contribution in [1.82, 2.24) is 10.6 Å². The molecule has 0 aromatic rings. The second kappa shape index (κ2) is 5.92. The van der Waals surface area contributed by atoms with E-state index in [1.165, 1.54) is 0 Å². The number of barbiturate groups is 1. The molecule has 0 saturated carbocycles. The SMILES string of the molecule is CCC(=NC[C@@H]1CCCO1)C1C(=O)NC(=O)NC1=O. The van der Waals surface area contributed by atoms with Gasteiger partial charge in [-0.3, -0.25) is 25.2 Å². The summed E-state index contributed by atoms with van der Waals surface area (Å²) in [4.78, 5) is 38.7. The summed E-state index contributed by atoms with van der Waals surface area (Å²) in [6, 6.07) is -0.777. The van der Waals surface area contributed by atoms with Gasteiger partial charge in [0.25, 0.3) is 0 Å². The molecule has 0 radical (unpaired) electrons. The molecule has 0 bridgehead atoms. The molecule has 0 unspecified atom stereocenters. The zero-order chi connectivity index (χ0) is 13.8. The van der Waals surface area contributed by atoms with Crippen molar-refractivity contribution in [3.63, 3.8) is 0 Å². The number of aliphatic imine (C=N–C) groups is 1. The molecule has 0 aliphatic carbocycles. The fourth-order valence-corrected chi connectivity index (χ4v) is 2.24. The Morgan fingerprint density at radius 2 is 2.00 bits per heavy atom. The van der Waals surface area contributed by atoms with Crippen LogP contribution in [0.5, 0.6) is 0 Å². The lowest BCUT2D eigenvalue weighted by Gasteiger charge is -2.22. The first-order valence-corrected chi connectivity index (χ1v) is 6.42. The second-order valence-electron chi connectivity index (χ2n) is 4.56. The first kappa shape index (κ1) is 13.7. The monoisotopic (exact) mass is 267 g/mol. The van der Waals surface area contributed by atoms with Gasteiger partial charge in [0.2, 0.25) is 11.8 Å². The van der Waals surface area contributed by atoms with E-state index in [1.54, 1.807) is 0 Å². The summed E-state index contributed by atoms with van der Waals surface area (Å²) in [5.41, 5.74) is 0.484. The highest BCUT2D eigenvalue weighted by Gasteiger charge is 2.37. The Bertz CT molecular complexity index is 407. The standard InChI is InChI=1S/C12H17N3O4/c1-2-8(13-6-7-4-3-5-19-7)9-10(16)14-12(18)15-11(9)17/h7,9H,2-6H2,1H3,(H2,14,15,16,17,18)/t7-/m0/s1. The number of hydrogen-bond acceptors (Lipinski definition) is 5. The number of nitrogens with zero attached hydrogens (tertiary/aromatic N) is 1. The average Bonchev–Trinajstić information content (AvgIpc) is 2.85. The van der Waals surface area contributed by atoms with E-state index in [-0.39, 0.29) is 6.10 Å². The smallest absolute Gasteiger partial charge is 0.328 e. The van der Waals surface area contributed by atoms with Gasteiger partial charge in [-0.2, -0.15) is 0 Å². The molecule has 1 atom stereocenters. The van der Waals surface area contributed by atoms with Crippen molar-refractivity contribution in [2.24, 2.45) is 10.9 Å². The van der Waals surface area contributed by atoms with Crippen LogP contribution in [0.25, 0.3) is 0 Å². The molecule has 2 aliphatic rings. The van der Waals surface area contributed by atoms with E-state index in [4.69, 9.17) is 4.74 Å². The lowest BCUT2D eigenvalue weighted by atomic mass is 9.97. The summed E-state index contributed by atoms with van der Waals surface area (Å²) in [5.74, 6) is -2.23. The van der Waals surface area contributed by atoms with Gasteiger partial charge in [0.15, 0.2) is 5.92 Å². The molecule has 7 heteroatoms. The van der Waals surface area contributed by atoms with E-state index in [0.29, 0.717) is 18.7 Å². The highest BCUT2D eigenvalue weighted by molar-refractivity contribution is 6.27. The molecule has 104 valence electrons. The number of ether oxygens (including phenoxy) is 1. The summed E-state index contributed by atoms with van der Waals surface area (Å²) in [6.07, 6.45) is 2.51. The van der Waals surface area contributed by atoms with Crippen molar-refractivity contribution in [2.75, 3.05) is 13.2 Å². The Morgan fingerprint density at radius 1 is 1.32 bits per heavy atom. The Labute approximate surface area is 110 Å². The minimum absolute atomic E-state index is 0.0675. The Hall–Kier alpha value is -1.76. The zero-order valence-corrected chi connectivity index (χ0v) is 10.8. The van der Waals surface area contributed by atoms with Crippen molar-refractivity contribution in [1.29, 1.82) is 0 Å². The molecule has 2 saturated heterocycles. The minimum Gasteiger partial charge on any atom is -0.376 e. The molecule has 4 amide bonds. The molecule has 7 nitrogen and oxygen atoms in total. The van der Waals surface area contributed by atoms with Gasteiger partial charge in [-0.1, -0.05) is 6.92 Å². The van der Waals surface area contributed by atoms with Gasteiger partial charge in [0.1, 0.15) is 0 Å². The number of carbonyl (C=O) groups is 3. The maximum Gasteiger partial charge on any atom is 0.328 e. The summed E-state index contributed by atoms with van der Waals surface area (Å²) in [7, 11) is 0. The predicted octanol–water partition coefficient (Wildman–Crippen LogP) is -0.00140. The van der Waals surface area contributed by atoms with Gasteiger partial charge in [0.05, 0.1) is 12.6 Å². The van der Waals surface area contributed by atoms with Crippen LogP contribution in [-0.2, 0) is 14.3 Å². The number of urea groups is 1. The number of rotatable bonds is 4. The number of imide groups is 2. The lowest BCUT2D eigenvalue weighted by molar-refractivity contribution is -0.132. The Kier molecular flexibility index (Phi) is 4.26. The van der Waals surface area contributed by atoms with Crippen LogP contribution >= 0.6 is 0 Å². The van der Waals surface area contributed by atoms with Crippen molar-refractivity contribution in [3.8, 4) is 0 Å². The van der Waals surface area contributed by atoms with Crippen LogP contribution < -0.4 is 10.6 Å². The van der Waals surface area contributed by atoms with Gasteiger partial charge < -0.3 is 4.74 Å². The third-order valence-corrected chi connectivity index (χ3v) is 3.22. The van der Waals surface area contributed by atoms with E-state index in [1.807, 2.05) is 6.92 Å². The van der Waals surface area contributed by atoms with Crippen LogP contribution in [0.1, 0.15) is 26.2 Å². The van der Waals surface area contributed by atoms with E-state index >= 15 is 0 Å². The van der Waals surface area contributed by atoms with Gasteiger partial charge in [-0.15, -0.1) is 0 Å². The topological polar surface area (TPSA) is 96.9 Å². The summed E-state index contributed by atoms with van der Waals surface area (Å²) >= 11 is 0. The normalized spacial score (nSPS) is 25.4. The molecule has 2 fully saturated rings. The number of amides is 4. The van der Waals surface area contributed by atoms with Gasteiger partial charge in [-0.05, 0) is 19.3 Å². The van der Waals surface area contributed by atoms with E-state index in [0.717, 1.165) is 19.4 Å². The molecule has 0 aromatic carbocycles. The van der Waals surface area contributed by atoms with Crippen molar-refractivity contribution in [3.05, 3.63) is 0 Å². The maximum absolute atomic E-state index is 11.7. The third-order valence-electron chi connectivity index (χ3n) is 3.22. The number of carbonyl (C=O) groups excluding carboxylic acids is 3. The lowest BCUT2D eigenvalue weighted by Crippen LogP contribution is -2.58. The van der Waals surface area contributed by atoms with Crippen LogP contribution in [-0.4, -0.2) is 42.8 Å². The largest absolute Gasteiger partial charge is 0.376 e. The molecule has 2 aliphatic heterocycles. The molecule has 0 aromatic heterocycles. The van der Waals surface area contributed by atoms with Gasteiger partial charge in [-0.25, -0.2) is 4.79 Å².